The molecule has 16 heavy (non-hydrogen) atoms. The number of halogens is 1. The van der Waals surface area contributed by atoms with Crippen LogP contribution >= 0.6 is 11.6 Å². The van der Waals surface area contributed by atoms with Crippen molar-refractivity contribution in [1.29, 1.82) is 0 Å². The first-order chi connectivity index (χ1) is 7.68. The van der Waals surface area contributed by atoms with E-state index in [1.165, 1.54) is 12.5 Å². The van der Waals surface area contributed by atoms with Crippen LogP contribution in [0.1, 0.15) is 41.4 Å². The molecule has 0 bridgehead atoms. The standard InChI is InChI=1S/C11H13ClN2O2/c12-10-7(11(15)16)4-5-9(14-10)8-3-1-2-6-13-8/h4-5,8,13H,1-3,6H2,(H,15,16). The summed E-state index contributed by atoms with van der Waals surface area (Å²) in [5.41, 5.74) is 0.885. The first-order valence-electron chi connectivity index (χ1n) is 5.31. The van der Waals surface area contributed by atoms with Gasteiger partial charge in [-0.15, -0.1) is 0 Å². The van der Waals surface area contributed by atoms with Gasteiger partial charge in [-0.05, 0) is 31.5 Å². The second-order valence-corrected chi connectivity index (χ2v) is 4.24. The lowest BCUT2D eigenvalue weighted by molar-refractivity contribution is 0.0696. The Balaban J connectivity index is 2.23. The maximum Gasteiger partial charge on any atom is 0.338 e. The molecule has 1 aliphatic heterocycles. The molecule has 0 amide bonds. The molecular weight excluding hydrogens is 228 g/mol. The smallest absolute Gasteiger partial charge is 0.338 e. The number of carbonyl (C=O) groups is 1. The molecule has 86 valence electrons. The van der Waals surface area contributed by atoms with E-state index >= 15 is 0 Å². The molecule has 2 heterocycles. The van der Waals surface area contributed by atoms with Crippen molar-refractivity contribution >= 4 is 17.6 Å². The zero-order valence-electron chi connectivity index (χ0n) is 8.74. The average molecular weight is 241 g/mol. The van der Waals surface area contributed by atoms with Crippen LogP contribution in [0.5, 0.6) is 0 Å². The van der Waals surface area contributed by atoms with Crippen LogP contribution in [0.25, 0.3) is 0 Å². The third kappa shape index (κ3) is 2.33. The first-order valence-corrected chi connectivity index (χ1v) is 5.69. The van der Waals surface area contributed by atoms with Crippen molar-refractivity contribution in [2.45, 2.75) is 25.3 Å². The van der Waals surface area contributed by atoms with Crippen molar-refractivity contribution in [1.82, 2.24) is 10.3 Å². The minimum Gasteiger partial charge on any atom is -0.478 e. The van der Waals surface area contributed by atoms with Gasteiger partial charge in [-0.25, -0.2) is 9.78 Å². The predicted octanol–water partition coefficient (Wildman–Crippen LogP) is 2.25. The van der Waals surface area contributed by atoms with Crippen molar-refractivity contribution in [3.8, 4) is 0 Å². The Labute approximate surface area is 98.6 Å². The molecule has 1 fully saturated rings. The molecular formula is C11H13ClN2O2. The van der Waals surface area contributed by atoms with Crippen LogP contribution in [0.3, 0.4) is 0 Å². The van der Waals surface area contributed by atoms with Gasteiger partial charge < -0.3 is 10.4 Å². The number of pyridine rings is 1. The molecule has 0 aromatic carbocycles. The molecule has 1 unspecified atom stereocenters. The summed E-state index contributed by atoms with van der Waals surface area (Å²) in [5.74, 6) is -1.04. The van der Waals surface area contributed by atoms with Crippen LogP contribution in [0.15, 0.2) is 12.1 Å². The molecule has 0 aliphatic carbocycles. The van der Waals surface area contributed by atoms with Gasteiger partial charge >= 0.3 is 5.97 Å². The van der Waals surface area contributed by atoms with Crippen LogP contribution in [0, 0.1) is 0 Å². The molecule has 2 N–H and O–H groups in total. The number of hydrogen-bond acceptors (Lipinski definition) is 3. The van der Waals surface area contributed by atoms with Gasteiger partial charge in [0, 0.05) is 6.04 Å². The Morgan fingerprint density at radius 1 is 1.50 bits per heavy atom. The maximum atomic E-state index is 10.8. The Morgan fingerprint density at radius 3 is 2.88 bits per heavy atom. The molecule has 0 spiro atoms. The number of carboxylic acids is 1. The fraction of sp³-hybridized carbons (Fsp3) is 0.455. The van der Waals surface area contributed by atoms with Crippen LogP contribution in [-0.2, 0) is 0 Å². The maximum absolute atomic E-state index is 10.8. The van der Waals surface area contributed by atoms with Crippen LogP contribution in [0.2, 0.25) is 5.15 Å². The molecule has 1 aliphatic rings. The molecule has 1 aromatic heterocycles. The van der Waals surface area contributed by atoms with Crippen LogP contribution < -0.4 is 5.32 Å². The van der Waals surface area contributed by atoms with E-state index in [0.717, 1.165) is 25.1 Å². The summed E-state index contributed by atoms with van der Waals surface area (Å²) in [6.45, 7) is 0.977. The number of nitrogens with one attached hydrogen (secondary N) is 1. The number of piperidine rings is 1. The number of nitrogens with zero attached hydrogens (tertiary/aromatic N) is 1. The number of rotatable bonds is 2. The van der Waals surface area contributed by atoms with Gasteiger partial charge in [0.15, 0.2) is 0 Å². The minimum absolute atomic E-state index is 0.0567. The van der Waals surface area contributed by atoms with E-state index in [1.807, 2.05) is 0 Å². The molecule has 2 rings (SSSR count). The quantitative estimate of drug-likeness (QED) is 0.779. The second kappa shape index (κ2) is 4.80. The van der Waals surface area contributed by atoms with E-state index in [4.69, 9.17) is 16.7 Å². The van der Waals surface area contributed by atoms with Crippen LogP contribution in [-0.4, -0.2) is 22.6 Å². The molecule has 1 saturated heterocycles. The highest BCUT2D eigenvalue weighted by molar-refractivity contribution is 6.32. The highest BCUT2D eigenvalue weighted by Crippen LogP contribution is 2.24. The van der Waals surface area contributed by atoms with Gasteiger partial charge in [-0.1, -0.05) is 18.0 Å². The number of aromatic nitrogens is 1. The fourth-order valence-corrected chi connectivity index (χ4v) is 2.15. The first kappa shape index (κ1) is 11.4. The minimum atomic E-state index is -1.04. The molecule has 0 saturated carbocycles. The zero-order chi connectivity index (χ0) is 11.5. The summed E-state index contributed by atoms with van der Waals surface area (Å²) in [5, 5.41) is 12.2. The number of hydrogen-bond donors (Lipinski definition) is 2. The topological polar surface area (TPSA) is 62.2 Å². The van der Waals surface area contributed by atoms with Gasteiger partial charge in [-0.3, -0.25) is 0 Å². The highest BCUT2D eigenvalue weighted by Gasteiger charge is 2.18. The summed E-state index contributed by atoms with van der Waals surface area (Å²) in [7, 11) is 0. The largest absolute Gasteiger partial charge is 0.478 e. The summed E-state index contributed by atoms with van der Waals surface area (Å²) >= 11 is 5.82. The van der Waals surface area contributed by atoms with Crippen molar-refractivity contribution in [2.75, 3.05) is 6.54 Å². The van der Waals surface area contributed by atoms with E-state index in [2.05, 4.69) is 10.3 Å². The Bertz CT molecular complexity index is 403. The summed E-state index contributed by atoms with van der Waals surface area (Å²) in [4.78, 5) is 14.9. The van der Waals surface area contributed by atoms with E-state index in [-0.39, 0.29) is 16.8 Å². The summed E-state index contributed by atoms with van der Waals surface area (Å²) < 4.78 is 0. The molecule has 5 heteroatoms. The normalized spacial score (nSPS) is 20.7. The molecule has 0 radical (unpaired) electrons. The van der Waals surface area contributed by atoms with Crippen molar-refractivity contribution in [2.24, 2.45) is 0 Å². The number of aromatic carboxylic acids is 1. The fourth-order valence-electron chi connectivity index (χ4n) is 1.91. The van der Waals surface area contributed by atoms with E-state index < -0.39 is 5.97 Å². The zero-order valence-corrected chi connectivity index (χ0v) is 9.50. The third-order valence-electron chi connectivity index (χ3n) is 2.77. The molecule has 4 nitrogen and oxygen atoms in total. The average Bonchev–Trinajstić information content (AvgIpc) is 2.29. The lowest BCUT2D eigenvalue weighted by atomic mass is 10.0. The summed E-state index contributed by atoms with van der Waals surface area (Å²) in [6, 6.07) is 3.45. The SMILES string of the molecule is O=C(O)c1ccc(C2CCCCN2)nc1Cl. The van der Waals surface area contributed by atoms with Gasteiger partial charge in [0.25, 0.3) is 0 Å². The lowest BCUT2D eigenvalue weighted by Crippen LogP contribution is -2.27. The van der Waals surface area contributed by atoms with Crippen LogP contribution in [0.4, 0.5) is 0 Å². The third-order valence-corrected chi connectivity index (χ3v) is 3.06. The lowest BCUT2D eigenvalue weighted by Gasteiger charge is -2.23. The van der Waals surface area contributed by atoms with Gasteiger partial charge in [0.05, 0.1) is 11.3 Å². The Hall–Kier alpha value is -1.13. The van der Waals surface area contributed by atoms with Crippen molar-refractivity contribution < 1.29 is 9.90 Å². The summed E-state index contributed by atoms with van der Waals surface area (Å²) in [6.07, 6.45) is 3.37. The van der Waals surface area contributed by atoms with E-state index in [9.17, 15) is 4.79 Å². The van der Waals surface area contributed by atoms with Gasteiger partial charge in [-0.2, -0.15) is 0 Å². The van der Waals surface area contributed by atoms with Gasteiger partial charge in [0.2, 0.25) is 0 Å². The molecule has 1 atom stereocenters. The monoisotopic (exact) mass is 240 g/mol. The van der Waals surface area contributed by atoms with E-state index in [1.54, 1.807) is 6.07 Å². The number of carboxylic acid groups (broad SMARTS) is 1. The van der Waals surface area contributed by atoms with Gasteiger partial charge in [0.1, 0.15) is 5.15 Å². The van der Waals surface area contributed by atoms with Crippen molar-refractivity contribution in [3.05, 3.63) is 28.5 Å². The highest BCUT2D eigenvalue weighted by atomic mass is 35.5. The Kier molecular flexibility index (Phi) is 3.41. The second-order valence-electron chi connectivity index (χ2n) is 3.88. The predicted molar refractivity (Wildman–Crippen MR) is 60.8 cm³/mol. The van der Waals surface area contributed by atoms with Crippen molar-refractivity contribution in [3.63, 3.8) is 0 Å². The molecule has 1 aromatic rings. The van der Waals surface area contributed by atoms with E-state index in [0.29, 0.717) is 0 Å². The Morgan fingerprint density at radius 2 is 2.31 bits per heavy atom.